The summed E-state index contributed by atoms with van der Waals surface area (Å²) in [6, 6.07) is 1.72. The number of alkyl halides is 3. The molecule has 1 aliphatic carbocycles. The maximum atomic E-state index is 13.8. The number of rotatable bonds is 10. The van der Waals surface area contributed by atoms with Crippen LogP contribution in [0.15, 0.2) is 12.1 Å². The molecule has 2 bridgehead atoms. The van der Waals surface area contributed by atoms with Gasteiger partial charge in [0.25, 0.3) is 0 Å². The number of hydrogen-bond donors (Lipinski definition) is 2. The fourth-order valence-corrected chi connectivity index (χ4v) is 6.20. The molecule has 3 heterocycles. The first-order valence-electron chi connectivity index (χ1n) is 14.1. The maximum absolute atomic E-state index is 13.8. The van der Waals surface area contributed by atoms with Crippen molar-refractivity contribution >= 4 is 17.8 Å². The summed E-state index contributed by atoms with van der Waals surface area (Å²) in [5.74, 6) is -2.73. The van der Waals surface area contributed by atoms with Gasteiger partial charge in [-0.25, -0.2) is 4.79 Å². The van der Waals surface area contributed by atoms with E-state index in [1.54, 1.807) is 17.9 Å². The van der Waals surface area contributed by atoms with Crippen molar-refractivity contribution in [1.29, 1.82) is 0 Å². The summed E-state index contributed by atoms with van der Waals surface area (Å²) in [6.45, 7) is 5.39. The molecule has 12 heteroatoms. The number of fused-ring (bicyclic) bond motifs is 3. The SMILES string of the molecule is CC(=O)NC(C(=O)N1CCC(c2cc(C)c(OCC(=O)O)c(C(F)(F)F)c2)CC1)[C@@H](C)OCC12CCC(CC1)OC2. The molecular formula is C29H39F3N2O7. The maximum Gasteiger partial charge on any atom is 0.419 e. The molecule has 2 amide bonds. The molecular weight excluding hydrogens is 545 g/mol. The van der Waals surface area contributed by atoms with Gasteiger partial charge in [-0.05, 0) is 75.5 Å². The van der Waals surface area contributed by atoms with Crippen molar-refractivity contribution in [3.63, 3.8) is 0 Å². The van der Waals surface area contributed by atoms with Crippen LogP contribution in [0.5, 0.6) is 5.75 Å². The van der Waals surface area contributed by atoms with Crippen LogP contribution in [0.3, 0.4) is 0 Å². The minimum absolute atomic E-state index is 0.0627. The largest absolute Gasteiger partial charge is 0.481 e. The summed E-state index contributed by atoms with van der Waals surface area (Å²) < 4.78 is 58.5. The Labute approximate surface area is 237 Å². The number of amides is 2. The topological polar surface area (TPSA) is 114 Å². The number of nitrogens with one attached hydrogen (secondary N) is 1. The van der Waals surface area contributed by atoms with Crippen LogP contribution in [0.1, 0.15) is 75.0 Å². The number of aryl methyl sites for hydroxylation is 1. The van der Waals surface area contributed by atoms with E-state index < -0.39 is 42.2 Å². The van der Waals surface area contributed by atoms with E-state index >= 15 is 0 Å². The summed E-state index contributed by atoms with van der Waals surface area (Å²) in [4.78, 5) is 38.0. The molecule has 3 aliphatic heterocycles. The minimum Gasteiger partial charge on any atom is -0.481 e. The molecule has 228 valence electrons. The number of ether oxygens (including phenoxy) is 3. The molecule has 2 N–H and O–H groups in total. The highest BCUT2D eigenvalue weighted by Gasteiger charge is 2.43. The van der Waals surface area contributed by atoms with Gasteiger partial charge in [-0.3, -0.25) is 9.59 Å². The molecule has 4 fully saturated rings. The molecule has 9 nitrogen and oxygen atoms in total. The number of nitrogens with zero attached hydrogens (tertiary/aromatic N) is 1. The standard InChI is InChI=1S/C29H39F3N2O7/c1-17-12-21(13-23(29(30,31)32)26(17)39-14-24(36)37)20-6-10-34(11-7-20)27(38)25(33-19(3)35)18(2)40-15-28-8-4-22(5-9-28)41-16-28/h12-13,18,20,22,25H,4-11,14-16H2,1-3H3,(H,33,35)(H,36,37)/t18-,22?,25?,28?/m1/s1. The number of carboxylic acid groups (broad SMARTS) is 1. The highest BCUT2D eigenvalue weighted by atomic mass is 19.4. The zero-order valence-electron chi connectivity index (χ0n) is 23.7. The van der Waals surface area contributed by atoms with Crippen molar-refractivity contribution in [3.05, 3.63) is 28.8 Å². The molecule has 2 atom stereocenters. The Morgan fingerprint density at radius 1 is 1.17 bits per heavy atom. The number of piperidine rings is 1. The van der Waals surface area contributed by atoms with E-state index in [0.29, 0.717) is 50.8 Å². The number of aliphatic carboxylic acids is 1. The molecule has 0 aromatic heterocycles. The van der Waals surface area contributed by atoms with Crippen molar-refractivity contribution < 1.29 is 46.9 Å². The molecule has 1 aromatic carbocycles. The predicted octanol–water partition coefficient (Wildman–Crippen LogP) is 4.05. The lowest BCUT2D eigenvalue weighted by molar-refractivity contribution is -0.157. The average Bonchev–Trinajstić information content (AvgIpc) is 2.93. The molecule has 1 saturated carbocycles. The van der Waals surface area contributed by atoms with Gasteiger partial charge in [0.05, 0.1) is 31.0 Å². The molecule has 4 aliphatic rings. The fourth-order valence-electron chi connectivity index (χ4n) is 6.20. The van der Waals surface area contributed by atoms with E-state index in [4.69, 9.17) is 19.3 Å². The molecule has 41 heavy (non-hydrogen) atoms. The van der Waals surface area contributed by atoms with Crippen LogP contribution in [0, 0.1) is 12.3 Å². The lowest BCUT2D eigenvalue weighted by Crippen LogP contribution is -2.56. The Balaban J connectivity index is 1.41. The van der Waals surface area contributed by atoms with Gasteiger partial charge in [0.2, 0.25) is 11.8 Å². The van der Waals surface area contributed by atoms with E-state index in [9.17, 15) is 27.6 Å². The van der Waals surface area contributed by atoms with Gasteiger partial charge in [-0.15, -0.1) is 0 Å². The van der Waals surface area contributed by atoms with Crippen molar-refractivity contribution in [2.24, 2.45) is 5.41 Å². The van der Waals surface area contributed by atoms with Gasteiger partial charge in [-0.2, -0.15) is 13.2 Å². The Bertz CT molecular complexity index is 1110. The number of carbonyl (C=O) groups is 3. The Morgan fingerprint density at radius 3 is 2.37 bits per heavy atom. The molecule has 1 aromatic rings. The van der Waals surface area contributed by atoms with Crippen LogP contribution in [0.25, 0.3) is 0 Å². The predicted molar refractivity (Wildman–Crippen MR) is 142 cm³/mol. The van der Waals surface area contributed by atoms with Gasteiger partial charge in [0, 0.05) is 25.4 Å². The van der Waals surface area contributed by atoms with Gasteiger partial charge >= 0.3 is 12.1 Å². The van der Waals surface area contributed by atoms with E-state index in [-0.39, 0.29) is 28.7 Å². The molecule has 3 saturated heterocycles. The second-order valence-corrected chi connectivity index (χ2v) is 11.7. The van der Waals surface area contributed by atoms with Crippen LogP contribution in [-0.2, 0) is 30.0 Å². The Kier molecular flexibility index (Phi) is 9.52. The lowest BCUT2D eigenvalue weighted by Gasteiger charge is -2.46. The van der Waals surface area contributed by atoms with E-state index in [1.807, 2.05) is 0 Å². The third-order valence-corrected chi connectivity index (χ3v) is 8.59. The number of carboxylic acids is 1. The van der Waals surface area contributed by atoms with Crippen LogP contribution in [-0.4, -0.2) is 79.0 Å². The van der Waals surface area contributed by atoms with Gasteiger partial charge in [-0.1, -0.05) is 6.07 Å². The van der Waals surface area contributed by atoms with Gasteiger partial charge in [0.1, 0.15) is 11.8 Å². The van der Waals surface area contributed by atoms with Crippen molar-refractivity contribution in [1.82, 2.24) is 10.2 Å². The summed E-state index contributed by atoms with van der Waals surface area (Å²) in [5, 5.41) is 11.6. The van der Waals surface area contributed by atoms with Crippen LogP contribution >= 0.6 is 0 Å². The second-order valence-electron chi connectivity index (χ2n) is 11.7. The van der Waals surface area contributed by atoms with Crippen molar-refractivity contribution in [2.45, 2.75) is 89.6 Å². The molecule has 1 unspecified atom stereocenters. The van der Waals surface area contributed by atoms with Crippen LogP contribution in [0.4, 0.5) is 13.2 Å². The highest BCUT2D eigenvalue weighted by molar-refractivity contribution is 5.87. The molecule has 5 rings (SSSR count). The summed E-state index contributed by atoms with van der Waals surface area (Å²) in [5.41, 5.74) is -0.418. The summed E-state index contributed by atoms with van der Waals surface area (Å²) in [7, 11) is 0. The summed E-state index contributed by atoms with van der Waals surface area (Å²) >= 11 is 0. The first kappa shape index (κ1) is 31.1. The Hall–Kier alpha value is -2.86. The monoisotopic (exact) mass is 584 g/mol. The summed E-state index contributed by atoms with van der Waals surface area (Å²) in [6.07, 6.45) is -0.0754. The molecule has 0 radical (unpaired) electrons. The Morgan fingerprint density at radius 2 is 1.83 bits per heavy atom. The second kappa shape index (κ2) is 12.6. The first-order valence-corrected chi connectivity index (χ1v) is 14.1. The minimum atomic E-state index is -4.73. The molecule has 0 spiro atoms. The number of halogens is 3. The van der Waals surface area contributed by atoms with E-state index in [2.05, 4.69) is 5.32 Å². The third-order valence-electron chi connectivity index (χ3n) is 8.59. The van der Waals surface area contributed by atoms with Crippen LogP contribution < -0.4 is 10.1 Å². The van der Waals surface area contributed by atoms with Gasteiger partial charge < -0.3 is 29.5 Å². The van der Waals surface area contributed by atoms with Gasteiger partial charge in [0.15, 0.2) is 6.61 Å². The number of hydrogen-bond acceptors (Lipinski definition) is 6. The zero-order chi connectivity index (χ0) is 29.9. The first-order chi connectivity index (χ1) is 19.3. The van der Waals surface area contributed by atoms with E-state index in [0.717, 1.165) is 31.7 Å². The fraction of sp³-hybridized carbons (Fsp3) is 0.690. The number of benzene rings is 1. The number of likely N-dealkylation sites (tertiary alicyclic amines) is 1. The lowest BCUT2D eigenvalue weighted by atomic mass is 9.72. The normalized spacial score (nSPS) is 24.5. The van der Waals surface area contributed by atoms with Crippen molar-refractivity contribution in [3.8, 4) is 5.75 Å². The smallest absolute Gasteiger partial charge is 0.419 e. The highest BCUT2D eigenvalue weighted by Crippen LogP contribution is 2.44. The quantitative estimate of drug-likeness (QED) is 0.427. The zero-order valence-corrected chi connectivity index (χ0v) is 23.7. The van der Waals surface area contributed by atoms with Crippen molar-refractivity contribution in [2.75, 3.05) is 32.9 Å². The van der Waals surface area contributed by atoms with Crippen LogP contribution in [0.2, 0.25) is 0 Å². The third kappa shape index (κ3) is 7.51. The number of carbonyl (C=O) groups excluding carboxylic acids is 2. The van der Waals surface area contributed by atoms with E-state index in [1.165, 1.54) is 13.8 Å². The average molecular weight is 585 g/mol.